The lowest BCUT2D eigenvalue weighted by atomic mass is 10.1. The molecule has 1 heterocycles. The minimum absolute atomic E-state index is 0.275. The topological polar surface area (TPSA) is 41.6 Å². The molecule has 3 nitrogen and oxygen atoms in total. The van der Waals surface area contributed by atoms with Crippen molar-refractivity contribution in [3.05, 3.63) is 47.8 Å². The van der Waals surface area contributed by atoms with Crippen LogP contribution in [0, 0.1) is 11.3 Å². The third-order valence-corrected chi connectivity index (χ3v) is 2.47. The fourth-order valence-electron chi connectivity index (χ4n) is 1.77. The Morgan fingerprint density at radius 3 is 2.50 bits per heavy atom. The van der Waals surface area contributed by atoms with Gasteiger partial charge in [0.2, 0.25) is 0 Å². The van der Waals surface area contributed by atoms with Crippen LogP contribution in [0.25, 0.3) is 5.69 Å². The summed E-state index contributed by atoms with van der Waals surface area (Å²) in [5, 5.41) is 13.3. The molecule has 0 unspecified atom stereocenters. The Morgan fingerprint density at radius 2 is 1.94 bits per heavy atom. The summed E-state index contributed by atoms with van der Waals surface area (Å²) in [5.41, 5.74) is 2.61. The standard InChI is InChI=1S/C13H13N3/c1-10(2)13-11(8-14)9-15-16(13)12-6-4-3-5-7-12/h3-7,9-10H,1-2H3. The predicted molar refractivity (Wildman–Crippen MR) is 62.4 cm³/mol. The molecule has 16 heavy (non-hydrogen) atoms. The van der Waals surface area contributed by atoms with Gasteiger partial charge in [0.25, 0.3) is 0 Å². The number of hydrogen-bond donors (Lipinski definition) is 0. The molecule has 3 heteroatoms. The van der Waals surface area contributed by atoms with Crippen LogP contribution < -0.4 is 0 Å². The second-order valence-electron chi connectivity index (χ2n) is 3.96. The van der Waals surface area contributed by atoms with E-state index in [1.54, 1.807) is 6.20 Å². The molecule has 2 rings (SSSR count). The largest absolute Gasteiger partial charge is 0.236 e. The lowest BCUT2D eigenvalue weighted by Gasteiger charge is -2.10. The van der Waals surface area contributed by atoms with Gasteiger partial charge < -0.3 is 0 Å². The van der Waals surface area contributed by atoms with Crippen molar-refractivity contribution < 1.29 is 0 Å². The Labute approximate surface area is 94.9 Å². The van der Waals surface area contributed by atoms with Crippen molar-refractivity contribution in [3.8, 4) is 11.8 Å². The summed E-state index contributed by atoms with van der Waals surface area (Å²) in [6, 6.07) is 12.1. The summed E-state index contributed by atoms with van der Waals surface area (Å²) in [6.07, 6.45) is 1.63. The van der Waals surface area contributed by atoms with Gasteiger partial charge in [-0.3, -0.25) is 0 Å². The first kappa shape index (κ1) is 10.4. The average molecular weight is 211 g/mol. The van der Waals surface area contributed by atoms with E-state index in [1.807, 2.05) is 35.0 Å². The molecule has 0 bridgehead atoms. The average Bonchev–Trinajstić information content (AvgIpc) is 2.73. The molecule has 0 saturated heterocycles. The molecular weight excluding hydrogens is 198 g/mol. The highest BCUT2D eigenvalue weighted by Gasteiger charge is 2.14. The van der Waals surface area contributed by atoms with E-state index in [4.69, 9.17) is 5.26 Å². The Bertz CT molecular complexity index is 518. The fraction of sp³-hybridized carbons (Fsp3) is 0.231. The molecule has 80 valence electrons. The zero-order chi connectivity index (χ0) is 11.5. The van der Waals surface area contributed by atoms with Crippen LogP contribution in [0.3, 0.4) is 0 Å². The molecule has 0 N–H and O–H groups in total. The summed E-state index contributed by atoms with van der Waals surface area (Å²) in [5.74, 6) is 0.275. The zero-order valence-electron chi connectivity index (χ0n) is 9.38. The maximum Gasteiger partial charge on any atom is 0.103 e. The highest BCUT2D eigenvalue weighted by Crippen LogP contribution is 2.21. The third kappa shape index (κ3) is 1.70. The van der Waals surface area contributed by atoms with Crippen LogP contribution in [0.4, 0.5) is 0 Å². The van der Waals surface area contributed by atoms with Gasteiger partial charge in [-0.1, -0.05) is 32.0 Å². The van der Waals surface area contributed by atoms with Gasteiger partial charge in [0.15, 0.2) is 0 Å². The van der Waals surface area contributed by atoms with E-state index in [2.05, 4.69) is 25.0 Å². The van der Waals surface area contributed by atoms with Crippen LogP contribution in [0.15, 0.2) is 36.5 Å². The van der Waals surface area contributed by atoms with E-state index in [0.717, 1.165) is 11.4 Å². The lowest BCUT2D eigenvalue weighted by Crippen LogP contribution is -2.04. The van der Waals surface area contributed by atoms with Crippen LogP contribution in [-0.4, -0.2) is 9.78 Å². The number of para-hydroxylation sites is 1. The second kappa shape index (κ2) is 4.19. The highest BCUT2D eigenvalue weighted by atomic mass is 15.3. The van der Waals surface area contributed by atoms with Gasteiger partial charge in [-0.25, -0.2) is 4.68 Å². The smallest absolute Gasteiger partial charge is 0.103 e. The summed E-state index contributed by atoms with van der Waals surface area (Å²) in [4.78, 5) is 0. The normalized spacial score (nSPS) is 10.4. The van der Waals surface area contributed by atoms with Gasteiger partial charge in [0.05, 0.1) is 23.1 Å². The molecule has 0 amide bonds. The van der Waals surface area contributed by atoms with E-state index in [9.17, 15) is 0 Å². The van der Waals surface area contributed by atoms with Gasteiger partial charge in [0.1, 0.15) is 6.07 Å². The van der Waals surface area contributed by atoms with Gasteiger partial charge in [-0.05, 0) is 18.1 Å². The number of aromatic nitrogens is 2. The monoisotopic (exact) mass is 211 g/mol. The van der Waals surface area contributed by atoms with Crippen LogP contribution >= 0.6 is 0 Å². The molecular formula is C13H13N3. The van der Waals surface area contributed by atoms with E-state index >= 15 is 0 Å². The van der Waals surface area contributed by atoms with Crippen molar-refractivity contribution in [3.63, 3.8) is 0 Å². The molecule has 1 aromatic heterocycles. The lowest BCUT2D eigenvalue weighted by molar-refractivity contribution is 0.732. The van der Waals surface area contributed by atoms with Gasteiger partial charge in [0, 0.05) is 0 Å². The van der Waals surface area contributed by atoms with E-state index in [-0.39, 0.29) is 5.92 Å². The molecule has 0 fully saturated rings. The van der Waals surface area contributed by atoms with Crippen LogP contribution in [0.1, 0.15) is 31.0 Å². The maximum absolute atomic E-state index is 9.02. The fourth-order valence-corrected chi connectivity index (χ4v) is 1.77. The Morgan fingerprint density at radius 1 is 1.25 bits per heavy atom. The molecule has 0 aliphatic rings. The Hall–Kier alpha value is -2.08. The quantitative estimate of drug-likeness (QED) is 0.766. The SMILES string of the molecule is CC(C)c1c(C#N)cnn1-c1ccccc1. The van der Waals surface area contributed by atoms with E-state index in [1.165, 1.54) is 0 Å². The number of benzene rings is 1. The number of rotatable bonds is 2. The zero-order valence-corrected chi connectivity index (χ0v) is 9.38. The highest BCUT2D eigenvalue weighted by molar-refractivity contribution is 5.40. The summed E-state index contributed by atoms with van der Waals surface area (Å²) < 4.78 is 1.84. The van der Waals surface area contributed by atoms with Gasteiger partial charge in [-0.2, -0.15) is 10.4 Å². The molecule has 0 aliphatic carbocycles. The first-order valence-electron chi connectivity index (χ1n) is 5.27. The van der Waals surface area contributed by atoms with Gasteiger partial charge >= 0.3 is 0 Å². The summed E-state index contributed by atoms with van der Waals surface area (Å²) in [7, 11) is 0. The third-order valence-electron chi connectivity index (χ3n) is 2.47. The van der Waals surface area contributed by atoms with Gasteiger partial charge in [-0.15, -0.1) is 0 Å². The Balaban J connectivity index is 2.59. The summed E-state index contributed by atoms with van der Waals surface area (Å²) in [6.45, 7) is 4.13. The summed E-state index contributed by atoms with van der Waals surface area (Å²) >= 11 is 0. The van der Waals surface area contributed by atoms with Crippen molar-refractivity contribution in [2.45, 2.75) is 19.8 Å². The predicted octanol–water partition coefficient (Wildman–Crippen LogP) is 2.87. The molecule has 0 atom stereocenters. The molecule has 2 aromatic rings. The van der Waals surface area contributed by atoms with Crippen LogP contribution in [0.5, 0.6) is 0 Å². The number of hydrogen-bond acceptors (Lipinski definition) is 2. The molecule has 0 radical (unpaired) electrons. The van der Waals surface area contributed by atoms with Crippen molar-refractivity contribution in [1.29, 1.82) is 5.26 Å². The van der Waals surface area contributed by atoms with E-state index < -0.39 is 0 Å². The number of nitrogens with zero attached hydrogens (tertiary/aromatic N) is 3. The maximum atomic E-state index is 9.02. The van der Waals surface area contributed by atoms with Crippen molar-refractivity contribution in [2.24, 2.45) is 0 Å². The van der Waals surface area contributed by atoms with Crippen LogP contribution in [0.2, 0.25) is 0 Å². The van der Waals surface area contributed by atoms with Crippen molar-refractivity contribution >= 4 is 0 Å². The molecule has 0 spiro atoms. The molecule has 0 saturated carbocycles. The van der Waals surface area contributed by atoms with Crippen LogP contribution in [-0.2, 0) is 0 Å². The van der Waals surface area contributed by atoms with E-state index in [0.29, 0.717) is 5.56 Å². The molecule has 1 aromatic carbocycles. The minimum atomic E-state index is 0.275. The minimum Gasteiger partial charge on any atom is -0.236 e. The van der Waals surface area contributed by atoms with Crippen molar-refractivity contribution in [2.75, 3.05) is 0 Å². The number of nitriles is 1. The second-order valence-corrected chi connectivity index (χ2v) is 3.96. The Kier molecular flexibility index (Phi) is 2.74. The first-order valence-corrected chi connectivity index (χ1v) is 5.27. The first-order chi connectivity index (χ1) is 7.74. The molecule has 0 aliphatic heterocycles. The van der Waals surface area contributed by atoms with Crippen molar-refractivity contribution in [1.82, 2.24) is 9.78 Å².